The van der Waals surface area contributed by atoms with Gasteiger partial charge in [-0.3, -0.25) is 0 Å². The zero-order valence-electron chi connectivity index (χ0n) is 7.73. The monoisotopic (exact) mass is 229 g/mol. The number of sulfonamides is 1. The second-order valence-corrected chi connectivity index (χ2v) is 5.36. The minimum Gasteiger partial charge on any atom is -0.393 e. The molecule has 0 spiro atoms. The number of hydrogen-bond acceptors (Lipinski definition) is 3. The van der Waals surface area contributed by atoms with Crippen molar-refractivity contribution >= 4 is 10.0 Å². The molecule has 0 amide bonds. The molecular formula is C7H13F2NO3S. The Hall–Kier alpha value is -0.270. The van der Waals surface area contributed by atoms with E-state index in [1.807, 2.05) is 0 Å². The summed E-state index contributed by atoms with van der Waals surface area (Å²) in [6.07, 6.45) is -0.225. The van der Waals surface area contributed by atoms with Crippen LogP contribution in [0.4, 0.5) is 8.78 Å². The Morgan fingerprint density at radius 3 is 2.43 bits per heavy atom. The predicted octanol–water partition coefficient (Wildman–Crippen LogP) is 0.242. The van der Waals surface area contributed by atoms with Crippen LogP contribution in [-0.4, -0.2) is 42.8 Å². The van der Waals surface area contributed by atoms with Crippen LogP contribution in [-0.2, 0) is 10.0 Å². The molecule has 4 nitrogen and oxygen atoms in total. The van der Waals surface area contributed by atoms with Crippen LogP contribution in [0.5, 0.6) is 0 Å². The van der Waals surface area contributed by atoms with E-state index in [1.54, 1.807) is 0 Å². The van der Waals surface area contributed by atoms with Crippen LogP contribution in [0.15, 0.2) is 0 Å². The molecule has 1 aliphatic rings. The van der Waals surface area contributed by atoms with Crippen molar-refractivity contribution in [3.05, 3.63) is 0 Å². The Bertz CT molecular complexity index is 291. The molecule has 1 rings (SSSR count). The topological polar surface area (TPSA) is 57.6 Å². The largest absolute Gasteiger partial charge is 0.393 e. The van der Waals surface area contributed by atoms with Gasteiger partial charge in [-0.15, -0.1) is 0 Å². The van der Waals surface area contributed by atoms with Crippen molar-refractivity contribution in [3.8, 4) is 0 Å². The minimum absolute atomic E-state index is 0.00958. The number of nitrogens with zero attached hydrogens (tertiary/aromatic N) is 1. The molecule has 1 heterocycles. The third-order valence-electron chi connectivity index (χ3n) is 2.45. The fourth-order valence-corrected chi connectivity index (χ4v) is 2.48. The van der Waals surface area contributed by atoms with Crippen molar-refractivity contribution < 1.29 is 22.3 Å². The van der Waals surface area contributed by atoms with Crippen LogP contribution in [0, 0.1) is 5.92 Å². The molecule has 1 fully saturated rings. The highest BCUT2D eigenvalue weighted by Gasteiger charge is 2.38. The summed E-state index contributed by atoms with van der Waals surface area (Å²) < 4.78 is 46.9. The van der Waals surface area contributed by atoms with Gasteiger partial charge >= 0.3 is 5.76 Å². The fourth-order valence-electron chi connectivity index (χ4n) is 1.49. The Kier molecular flexibility index (Phi) is 3.44. The molecule has 2 unspecified atom stereocenters. The van der Waals surface area contributed by atoms with Crippen molar-refractivity contribution in [3.63, 3.8) is 0 Å². The lowest BCUT2D eigenvalue weighted by Gasteiger charge is -2.16. The van der Waals surface area contributed by atoms with Crippen LogP contribution in [0.1, 0.15) is 13.3 Å². The maximum Gasteiger partial charge on any atom is 0.350 e. The summed E-state index contributed by atoms with van der Waals surface area (Å²) in [5.74, 6) is -3.60. The average Bonchev–Trinajstić information content (AvgIpc) is 2.51. The smallest absolute Gasteiger partial charge is 0.350 e. The molecule has 0 saturated carbocycles. The van der Waals surface area contributed by atoms with E-state index >= 15 is 0 Å². The molecule has 14 heavy (non-hydrogen) atoms. The summed E-state index contributed by atoms with van der Waals surface area (Å²) in [6.45, 7) is 1.59. The van der Waals surface area contributed by atoms with Crippen molar-refractivity contribution in [2.45, 2.75) is 25.2 Å². The second-order valence-electron chi connectivity index (χ2n) is 3.45. The van der Waals surface area contributed by atoms with E-state index in [4.69, 9.17) is 5.11 Å². The Labute approximate surface area is 81.6 Å². The van der Waals surface area contributed by atoms with Gasteiger partial charge in [0.1, 0.15) is 0 Å². The van der Waals surface area contributed by atoms with Crippen LogP contribution >= 0.6 is 0 Å². The molecule has 0 bridgehead atoms. The molecule has 2 atom stereocenters. The van der Waals surface area contributed by atoms with E-state index in [0.29, 0.717) is 6.42 Å². The number of rotatable bonds is 3. The molecule has 84 valence electrons. The first-order chi connectivity index (χ1) is 6.35. The molecule has 0 aliphatic carbocycles. The van der Waals surface area contributed by atoms with E-state index in [0.717, 1.165) is 4.31 Å². The van der Waals surface area contributed by atoms with Crippen molar-refractivity contribution in [1.29, 1.82) is 0 Å². The molecule has 0 aromatic carbocycles. The normalized spacial score (nSPS) is 27.1. The van der Waals surface area contributed by atoms with Crippen molar-refractivity contribution in [2.24, 2.45) is 5.92 Å². The molecule has 0 aromatic heterocycles. The first-order valence-electron chi connectivity index (χ1n) is 4.31. The maximum atomic E-state index is 12.1. The van der Waals surface area contributed by atoms with Crippen molar-refractivity contribution in [1.82, 2.24) is 4.31 Å². The van der Waals surface area contributed by atoms with Gasteiger partial charge in [-0.05, 0) is 19.3 Å². The van der Waals surface area contributed by atoms with Gasteiger partial charge in [-0.1, -0.05) is 0 Å². The van der Waals surface area contributed by atoms with E-state index in [1.165, 1.54) is 6.92 Å². The Morgan fingerprint density at radius 1 is 1.50 bits per heavy atom. The van der Waals surface area contributed by atoms with Gasteiger partial charge < -0.3 is 5.11 Å². The highest BCUT2D eigenvalue weighted by atomic mass is 32.2. The summed E-state index contributed by atoms with van der Waals surface area (Å²) in [7, 11) is -4.45. The van der Waals surface area contributed by atoms with E-state index in [-0.39, 0.29) is 19.0 Å². The molecule has 1 N–H and O–H groups in total. The third-order valence-corrected chi connectivity index (χ3v) is 3.96. The number of aliphatic hydroxyl groups is 1. The van der Waals surface area contributed by atoms with Gasteiger partial charge in [0.25, 0.3) is 10.0 Å². The minimum atomic E-state index is -4.45. The quantitative estimate of drug-likeness (QED) is 0.754. The first-order valence-corrected chi connectivity index (χ1v) is 5.81. The molecule has 0 aromatic rings. The highest BCUT2D eigenvalue weighted by Crippen LogP contribution is 2.24. The van der Waals surface area contributed by atoms with E-state index in [9.17, 15) is 17.2 Å². The third kappa shape index (κ3) is 2.21. The van der Waals surface area contributed by atoms with Gasteiger partial charge in [0, 0.05) is 13.1 Å². The van der Waals surface area contributed by atoms with Gasteiger partial charge in [0.05, 0.1) is 6.10 Å². The van der Waals surface area contributed by atoms with Crippen LogP contribution in [0.3, 0.4) is 0 Å². The molecule has 1 saturated heterocycles. The molecule has 7 heteroatoms. The highest BCUT2D eigenvalue weighted by molar-refractivity contribution is 7.89. The maximum absolute atomic E-state index is 12.1. The zero-order valence-corrected chi connectivity index (χ0v) is 8.54. The lowest BCUT2D eigenvalue weighted by Crippen LogP contribution is -2.34. The summed E-state index contributed by atoms with van der Waals surface area (Å²) in [5, 5.41) is 9.17. The lowest BCUT2D eigenvalue weighted by atomic mass is 10.0. The predicted molar refractivity (Wildman–Crippen MR) is 46.3 cm³/mol. The van der Waals surface area contributed by atoms with Gasteiger partial charge in [-0.25, -0.2) is 8.42 Å². The molecular weight excluding hydrogens is 216 g/mol. The fraction of sp³-hybridized carbons (Fsp3) is 1.00. The number of aliphatic hydroxyl groups excluding tert-OH is 1. The van der Waals surface area contributed by atoms with Gasteiger partial charge in [-0.2, -0.15) is 13.1 Å². The first kappa shape index (κ1) is 11.8. The number of hydrogen-bond donors (Lipinski definition) is 1. The average molecular weight is 229 g/mol. The SMILES string of the molecule is CC(O)C1CCN(S(=O)(=O)C(F)F)C1. The summed E-state index contributed by atoms with van der Waals surface area (Å²) in [6, 6.07) is 0. The Morgan fingerprint density at radius 2 is 2.07 bits per heavy atom. The number of halogens is 2. The summed E-state index contributed by atoms with van der Waals surface area (Å²) >= 11 is 0. The van der Waals surface area contributed by atoms with Crippen molar-refractivity contribution in [2.75, 3.05) is 13.1 Å². The molecule has 1 aliphatic heterocycles. The summed E-state index contributed by atoms with van der Waals surface area (Å²) in [4.78, 5) is 0. The van der Waals surface area contributed by atoms with Crippen LogP contribution in [0.2, 0.25) is 0 Å². The summed E-state index contributed by atoms with van der Waals surface area (Å²) in [5.41, 5.74) is 0. The van der Waals surface area contributed by atoms with Gasteiger partial charge in [0.2, 0.25) is 0 Å². The van der Waals surface area contributed by atoms with E-state index < -0.39 is 21.9 Å². The van der Waals surface area contributed by atoms with E-state index in [2.05, 4.69) is 0 Å². The standard InChI is InChI=1S/C7H13F2NO3S/c1-5(11)6-2-3-10(4-6)14(12,13)7(8)9/h5-7,11H,2-4H2,1H3. The Balaban J connectivity index is 2.67. The van der Waals surface area contributed by atoms with Crippen LogP contribution < -0.4 is 0 Å². The zero-order chi connectivity index (χ0) is 10.9. The lowest BCUT2D eigenvalue weighted by molar-refractivity contribution is 0.132. The second kappa shape index (κ2) is 4.08. The van der Waals surface area contributed by atoms with Gasteiger partial charge in [0.15, 0.2) is 0 Å². The molecule has 0 radical (unpaired) electrons. The van der Waals surface area contributed by atoms with Crippen LogP contribution in [0.25, 0.3) is 0 Å². The number of alkyl halides is 2.